The number of non-ortho nitro benzene ring substituents is 1. The van der Waals surface area contributed by atoms with Crippen LogP contribution in [-0.4, -0.2) is 22.5 Å². The number of rotatable bonds is 2. The highest BCUT2D eigenvalue weighted by atomic mass is 16.6. The Labute approximate surface area is 95.5 Å². The summed E-state index contributed by atoms with van der Waals surface area (Å²) >= 11 is 0. The van der Waals surface area contributed by atoms with Gasteiger partial charge in [0.2, 0.25) is 0 Å². The third kappa shape index (κ3) is 1.96. The molecule has 0 radical (unpaired) electrons. The molecule has 1 aromatic rings. The lowest BCUT2D eigenvalue weighted by Crippen LogP contribution is -2.28. The van der Waals surface area contributed by atoms with E-state index in [1.165, 1.54) is 6.07 Å². The number of nitro groups is 2. The maximum Gasteiger partial charge on any atom is 0.303 e. The van der Waals surface area contributed by atoms with E-state index in [1.807, 2.05) is 0 Å². The molecule has 0 bridgehead atoms. The normalized spacial score (nSPS) is 17.6. The van der Waals surface area contributed by atoms with Crippen molar-refractivity contribution in [2.24, 2.45) is 0 Å². The molecule has 0 saturated carbocycles. The Morgan fingerprint density at radius 1 is 1.35 bits per heavy atom. The van der Waals surface area contributed by atoms with Crippen molar-refractivity contribution in [3.63, 3.8) is 0 Å². The summed E-state index contributed by atoms with van der Waals surface area (Å²) in [5.74, 6) is 0.143. The molecule has 0 amide bonds. The molecule has 0 aliphatic carbocycles. The maximum absolute atomic E-state index is 10.8. The fourth-order valence-corrected chi connectivity index (χ4v) is 1.60. The molecular formula is C9H9N3O5. The lowest BCUT2D eigenvalue weighted by Gasteiger charge is -2.24. The van der Waals surface area contributed by atoms with Crippen molar-refractivity contribution >= 4 is 17.1 Å². The molecule has 1 atom stereocenters. The molecule has 1 aliphatic heterocycles. The molecule has 1 N–H and O–H groups in total. The van der Waals surface area contributed by atoms with Gasteiger partial charge in [-0.3, -0.25) is 20.2 Å². The van der Waals surface area contributed by atoms with Gasteiger partial charge >= 0.3 is 5.69 Å². The highest BCUT2D eigenvalue weighted by molar-refractivity contribution is 5.74. The fourth-order valence-electron chi connectivity index (χ4n) is 1.60. The average Bonchev–Trinajstić information content (AvgIpc) is 2.27. The van der Waals surface area contributed by atoms with Gasteiger partial charge in [0.1, 0.15) is 6.61 Å². The van der Waals surface area contributed by atoms with E-state index >= 15 is 0 Å². The standard InChI is InChI=1S/C9H9N3O5/c1-5-4-17-8-3-6(11(13)14)2-7(12(15)16)9(8)10-5/h2-3,5,10H,4H2,1H3/t5-/m0/s1. The van der Waals surface area contributed by atoms with Crippen LogP contribution < -0.4 is 10.1 Å². The molecule has 1 aliphatic rings. The average molecular weight is 239 g/mol. The molecule has 0 unspecified atom stereocenters. The molecule has 8 nitrogen and oxygen atoms in total. The van der Waals surface area contributed by atoms with Gasteiger partial charge in [-0.25, -0.2) is 0 Å². The van der Waals surface area contributed by atoms with Crippen LogP contribution in [-0.2, 0) is 0 Å². The largest absolute Gasteiger partial charge is 0.489 e. The molecule has 2 rings (SSSR count). The van der Waals surface area contributed by atoms with E-state index in [4.69, 9.17) is 4.74 Å². The number of hydrogen-bond donors (Lipinski definition) is 1. The van der Waals surface area contributed by atoms with E-state index in [-0.39, 0.29) is 28.9 Å². The van der Waals surface area contributed by atoms with Crippen LogP contribution >= 0.6 is 0 Å². The second-order valence-corrected chi connectivity index (χ2v) is 3.71. The van der Waals surface area contributed by atoms with Gasteiger partial charge in [-0.05, 0) is 6.92 Å². The van der Waals surface area contributed by atoms with Gasteiger partial charge in [0.05, 0.1) is 28.0 Å². The van der Waals surface area contributed by atoms with E-state index in [2.05, 4.69) is 5.32 Å². The topological polar surface area (TPSA) is 108 Å². The van der Waals surface area contributed by atoms with Crippen LogP contribution in [0.1, 0.15) is 6.92 Å². The van der Waals surface area contributed by atoms with Crippen LogP contribution in [0.4, 0.5) is 17.1 Å². The second-order valence-electron chi connectivity index (χ2n) is 3.71. The van der Waals surface area contributed by atoms with E-state index in [0.29, 0.717) is 6.61 Å². The summed E-state index contributed by atoms with van der Waals surface area (Å²) < 4.78 is 5.25. The van der Waals surface area contributed by atoms with Crippen LogP contribution in [0, 0.1) is 20.2 Å². The summed E-state index contributed by atoms with van der Waals surface area (Å²) in [4.78, 5) is 20.1. The summed E-state index contributed by atoms with van der Waals surface area (Å²) in [5, 5.41) is 24.4. The molecule has 90 valence electrons. The molecule has 1 aromatic carbocycles. The van der Waals surface area contributed by atoms with Crippen molar-refractivity contribution in [3.8, 4) is 5.75 Å². The molecular weight excluding hydrogens is 230 g/mol. The van der Waals surface area contributed by atoms with Crippen LogP contribution in [0.3, 0.4) is 0 Å². The molecule has 0 spiro atoms. The zero-order valence-corrected chi connectivity index (χ0v) is 8.87. The van der Waals surface area contributed by atoms with Gasteiger partial charge in [-0.2, -0.15) is 0 Å². The first-order valence-corrected chi connectivity index (χ1v) is 4.85. The van der Waals surface area contributed by atoms with Gasteiger partial charge in [-0.15, -0.1) is 0 Å². The van der Waals surface area contributed by atoms with Crippen LogP contribution in [0.25, 0.3) is 0 Å². The zero-order valence-electron chi connectivity index (χ0n) is 8.87. The van der Waals surface area contributed by atoms with Crippen molar-refractivity contribution in [2.75, 3.05) is 11.9 Å². The van der Waals surface area contributed by atoms with Gasteiger partial charge in [0.15, 0.2) is 11.4 Å². The van der Waals surface area contributed by atoms with Crippen LogP contribution in [0.2, 0.25) is 0 Å². The van der Waals surface area contributed by atoms with Gasteiger partial charge < -0.3 is 10.1 Å². The van der Waals surface area contributed by atoms with Crippen molar-refractivity contribution in [1.29, 1.82) is 0 Å². The van der Waals surface area contributed by atoms with Gasteiger partial charge in [0.25, 0.3) is 5.69 Å². The summed E-state index contributed by atoms with van der Waals surface area (Å²) in [7, 11) is 0. The third-order valence-electron chi connectivity index (χ3n) is 2.35. The second kappa shape index (κ2) is 3.89. The Hall–Kier alpha value is -2.38. The van der Waals surface area contributed by atoms with E-state index < -0.39 is 9.85 Å². The molecule has 8 heteroatoms. The Bertz CT molecular complexity index is 502. The summed E-state index contributed by atoms with van der Waals surface area (Å²) in [6.07, 6.45) is 0. The van der Waals surface area contributed by atoms with Crippen molar-refractivity contribution < 1.29 is 14.6 Å². The summed E-state index contributed by atoms with van der Waals surface area (Å²) in [5.41, 5.74) is -0.507. The number of hydrogen-bond acceptors (Lipinski definition) is 6. The number of ether oxygens (including phenoxy) is 1. The third-order valence-corrected chi connectivity index (χ3v) is 2.35. The fraction of sp³-hybridized carbons (Fsp3) is 0.333. The lowest BCUT2D eigenvalue weighted by atomic mass is 10.1. The SMILES string of the molecule is C[C@H]1COc2cc([N+](=O)[O-])cc([N+](=O)[O-])c2N1. The highest BCUT2D eigenvalue weighted by Gasteiger charge is 2.28. The predicted molar refractivity (Wildman–Crippen MR) is 58.3 cm³/mol. The Morgan fingerprint density at radius 2 is 2.06 bits per heavy atom. The zero-order chi connectivity index (χ0) is 12.6. The van der Waals surface area contributed by atoms with E-state index in [0.717, 1.165) is 6.07 Å². The minimum Gasteiger partial charge on any atom is -0.489 e. The quantitative estimate of drug-likeness (QED) is 0.621. The molecule has 0 fully saturated rings. The van der Waals surface area contributed by atoms with Crippen molar-refractivity contribution in [2.45, 2.75) is 13.0 Å². The highest BCUT2D eigenvalue weighted by Crippen LogP contribution is 2.40. The molecule has 0 aromatic heterocycles. The number of nitrogens with zero attached hydrogens (tertiary/aromatic N) is 2. The Kier molecular flexibility index (Phi) is 2.54. The smallest absolute Gasteiger partial charge is 0.303 e. The summed E-state index contributed by atoms with van der Waals surface area (Å²) in [6, 6.07) is 2.02. The molecule has 1 heterocycles. The molecule has 0 saturated heterocycles. The Balaban J connectivity index is 2.59. The molecule has 17 heavy (non-hydrogen) atoms. The number of fused-ring (bicyclic) bond motifs is 1. The number of anilines is 1. The van der Waals surface area contributed by atoms with E-state index in [9.17, 15) is 20.2 Å². The minimum atomic E-state index is -0.686. The minimum absolute atomic E-state index is 0.0809. The van der Waals surface area contributed by atoms with Gasteiger partial charge in [-0.1, -0.05) is 0 Å². The first kappa shape index (κ1) is 11.1. The maximum atomic E-state index is 10.8. The first-order valence-electron chi connectivity index (χ1n) is 4.85. The van der Waals surface area contributed by atoms with Crippen molar-refractivity contribution in [1.82, 2.24) is 0 Å². The summed E-state index contributed by atoms with van der Waals surface area (Å²) in [6.45, 7) is 2.11. The lowest BCUT2D eigenvalue weighted by molar-refractivity contribution is -0.393. The van der Waals surface area contributed by atoms with Gasteiger partial charge in [0, 0.05) is 0 Å². The number of nitro benzene ring substituents is 2. The number of nitrogens with one attached hydrogen (secondary N) is 1. The predicted octanol–water partition coefficient (Wildman–Crippen LogP) is 1.70. The van der Waals surface area contributed by atoms with E-state index in [1.54, 1.807) is 6.92 Å². The van der Waals surface area contributed by atoms with Crippen molar-refractivity contribution in [3.05, 3.63) is 32.4 Å². The monoisotopic (exact) mass is 239 g/mol. The number of benzene rings is 1. The first-order chi connectivity index (χ1) is 7.99. The Morgan fingerprint density at radius 3 is 2.65 bits per heavy atom. The van der Waals surface area contributed by atoms with Crippen LogP contribution in [0.5, 0.6) is 5.75 Å². The van der Waals surface area contributed by atoms with Crippen LogP contribution in [0.15, 0.2) is 12.1 Å².